The van der Waals surface area contributed by atoms with Gasteiger partial charge in [-0.25, -0.2) is 13.1 Å². The first-order valence-corrected chi connectivity index (χ1v) is 10.8. The average molecular weight is 465 g/mol. The number of amides is 1. The molecule has 0 fully saturated rings. The van der Waals surface area contributed by atoms with E-state index < -0.39 is 39.3 Å². The van der Waals surface area contributed by atoms with Crippen molar-refractivity contribution in [1.82, 2.24) is 4.72 Å². The van der Waals surface area contributed by atoms with Crippen molar-refractivity contribution in [2.75, 3.05) is 18.5 Å². The van der Waals surface area contributed by atoms with Crippen LogP contribution in [0.3, 0.4) is 0 Å². The summed E-state index contributed by atoms with van der Waals surface area (Å²) in [6.45, 7) is 1.79. The standard InChI is InChI=1S/C19H20ClF3N2O4S/c1-2-3-10-24-30(27,28)15-7-5-14(6-8-15)29-12-18(26)25-13-4-9-17(20)16(11-13)19(21,22)23/h4-9,11,24H,2-3,10,12H2,1H3,(H,25,26). The largest absolute Gasteiger partial charge is 0.484 e. The van der Waals surface area contributed by atoms with E-state index in [-0.39, 0.29) is 16.3 Å². The first-order valence-electron chi connectivity index (χ1n) is 8.92. The van der Waals surface area contributed by atoms with Crippen molar-refractivity contribution in [2.24, 2.45) is 0 Å². The highest BCUT2D eigenvalue weighted by Crippen LogP contribution is 2.36. The minimum absolute atomic E-state index is 0.0521. The quantitative estimate of drug-likeness (QED) is 0.537. The second-order valence-corrected chi connectivity index (χ2v) is 8.43. The Labute approximate surface area is 177 Å². The highest BCUT2D eigenvalue weighted by atomic mass is 35.5. The third-order valence-corrected chi connectivity index (χ3v) is 5.69. The van der Waals surface area contributed by atoms with E-state index in [9.17, 15) is 26.4 Å². The van der Waals surface area contributed by atoms with Gasteiger partial charge in [0.05, 0.1) is 15.5 Å². The average Bonchev–Trinajstić information content (AvgIpc) is 2.67. The number of rotatable bonds is 9. The van der Waals surface area contributed by atoms with Crippen LogP contribution >= 0.6 is 11.6 Å². The molecule has 0 unspecified atom stereocenters. The van der Waals surface area contributed by atoms with Gasteiger partial charge >= 0.3 is 6.18 Å². The van der Waals surface area contributed by atoms with Crippen LogP contribution in [-0.2, 0) is 21.0 Å². The van der Waals surface area contributed by atoms with Crippen LogP contribution in [0.1, 0.15) is 25.3 Å². The maximum absolute atomic E-state index is 12.9. The van der Waals surface area contributed by atoms with E-state index in [1.165, 1.54) is 30.3 Å². The van der Waals surface area contributed by atoms with Crippen molar-refractivity contribution in [2.45, 2.75) is 30.8 Å². The van der Waals surface area contributed by atoms with Crippen LogP contribution < -0.4 is 14.8 Å². The van der Waals surface area contributed by atoms with Crippen LogP contribution in [0.25, 0.3) is 0 Å². The van der Waals surface area contributed by atoms with Gasteiger partial charge in [-0.15, -0.1) is 0 Å². The summed E-state index contributed by atoms with van der Waals surface area (Å²) in [5.74, 6) is -0.465. The molecule has 0 aromatic heterocycles. The van der Waals surface area contributed by atoms with E-state index in [2.05, 4.69) is 10.0 Å². The molecule has 6 nitrogen and oxygen atoms in total. The molecule has 0 bridgehead atoms. The molecule has 0 heterocycles. The molecule has 30 heavy (non-hydrogen) atoms. The molecule has 2 aromatic carbocycles. The predicted molar refractivity (Wildman–Crippen MR) is 107 cm³/mol. The number of carbonyl (C=O) groups is 1. The van der Waals surface area contributed by atoms with E-state index >= 15 is 0 Å². The lowest BCUT2D eigenvalue weighted by Crippen LogP contribution is -2.24. The Hall–Kier alpha value is -2.30. The lowest BCUT2D eigenvalue weighted by molar-refractivity contribution is -0.137. The number of carbonyl (C=O) groups excluding carboxylic acids is 1. The molecule has 0 aliphatic carbocycles. The van der Waals surface area contributed by atoms with E-state index in [0.29, 0.717) is 13.0 Å². The van der Waals surface area contributed by atoms with Crippen LogP contribution in [-0.4, -0.2) is 27.5 Å². The summed E-state index contributed by atoms with van der Waals surface area (Å²) in [7, 11) is -3.63. The van der Waals surface area contributed by atoms with Gasteiger partial charge in [-0.3, -0.25) is 4.79 Å². The normalized spacial score (nSPS) is 11.9. The van der Waals surface area contributed by atoms with Gasteiger partial charge in [-0.05, 0) is 48.9 Å². The maximum atomic E-state index is 12.9. The second-order valence-electron chi connectivity index (χ2n) is 6.25. The Bertz CT molecular complexity index is 980. The molecule has 0 spiro atoms. The molecular weight excluding hydrogens is 445 g/mol. The molecule has 0 atom stereocenters. The van der Waals surface area contributed by atoms with Gasteiger partial charge in [0.15, 0.2) is 6.61 Å². The van der Waals surface area contributed by atoms with Crippen molar-refractivity contribution in [3.8, 4) is 5.75 Å². The molecule has 0 saturated heterocycles. The van der Waals surface area contributed by atoms with E-state index in [0.717, 1.165) is 18.6 Å². The van der Waals surface area contributed by atoms with Crippen molar-refractivity contribution in [3.63, 3.8) is 0 Å². The SMILES string of the molecule is CCCCNS(=O)(=O)c1ccc(OCC(=O)Nc2ccc(Cl)c(C(F)(F)F)c2)cc1. The molecule has 164 valence electrons. The first-order chi connectivity index (χ1) is 14.0. The Morgan fingerprint density at radius 2 is 1.80 bits per heavy atom. The Morgan fingerprint density at radius 3 is 2.40 bits per heavy atom. The van der Waals surface area contributed by atoms with Crippen molar-refractivity contribution in [1.29, 1.82) is 0 Å². The monoisotopic (exact) mass is 464 g/mol. The number of hydrogen-bond acceptors (Lipinski definition) is 4. The third-order valence-electron chi connectivity index (χ3n) is 3.88. The minimum Gasteiger partial charge on any atom is -0.484 e. The molecule has 2 N–H and O–H groups in total. The zero-order chi connectivity index (χ0) is 22.4. The topological polar surface area (TPSA) is 84.5 Å². The zero-order valence-electron chi connectivity index (χ0n) is 15.9. The van der Waals surface area contributed by atoms with Crippen LogP contribution in [0.15, 0.2) is 47.4 Å². The summed E-state index contributed by atoms with van der Waals surface area (Å²) in [5, 5.41) is 1.81. The van der Waals surface area contributed by atoms with Crippen molar-refractivity contribution >= 4 is 33.2 Å². The number of nitrogens with one attached hydrogen (secondary N) is 2. The summed E-state index contributed by atoms with van der Waals surface area (Å²) in [6, 6.07) is 8.42. The Balaban J connectivity index is 1.94. The smallest absolute Gasteiger partial charge is 0.417 e. The molecule has 2 rings (SSSR count). The van der Waals surface area contributed by atoms with E-state index in [1.807, 2.05) is 6.92 Å². The number of sulfonamides is 1. The van der Waals surface area contributed by atoms with Crippen LogP contribution in [0, 0.1) is 0 Å². The molecule has 11 heteroatoms. The zero-order valence-corrected chi connectivity index (χ0v) is 17.5. The number of alkyl halides is 3. The fourth-order valence-corrected chi connectivity index (χ4v) is 3.65. The summed E-state index contributed by atoms with van der Waals surface area (Å²) in [4.78, 5) is 12.0. The van der Waals surface area contributed by atoms with Gasteiger partial charge in [0.25, 0.3) is 5.91 Å². The van der Waals surface area contributed by atoms with Gasteiger partial charge in [-0.2, -0.15) is 13.2 Å². The van der Waals surface area contributed by atoms with Gasteiger partial charge in [0, 0.05) is 12.2 Å². The fraction of sp³-hybridized carbons (Fsp3) is 0.316. The lowest BCUT2D eigenvalue weighted by Gasteiger charge is -2.12. The highest BCUT2D eigenvalue weighted by molar-refractivity contribution is 7.89. The number of ether oxygens (including phenoxy) is 1. The molecule has 1 amide bonds. The highest BCUT2D eigenvalue weighted by Gasteiger charge is 2.33. The van der Waals surface area contributed by atoms with E-state index in [1.54, 1.807) is 0 Å². The summed E-state index contributed by atoms with van der Waals surface area (Å²) in [6.07, 6.45) is -3.08. The Morgan fingerprint density at radius 1 is 1.13 bits per heavy atom. The second kappa shape index (κ2) is 10.1. The molecule has 0 aliphatic heterocycles. The number of halogens is 4. The van der Waals surface area contributed by atoms with Crippen LogP contribution in [0.5, 0.6) is 5.75 Å². The minimum atomic E-state index is -4.65. The maximum Gasteiger partial charge on any atom is 0.417 e. The van der Waals surface area contributed by atoms with Gasteiger partial charge in [0.2, 0.25) is 10.0 Å². The molecule has 0 radical (unpaired) electrons. The molecule has 2 aromatic rings. The lowest BCUT2D eigenvalue weighted by atomic mass is 10.2. The fourth-order valence-electron chi connectivity index (χ4n) is 2.35. The number of unbranched alkanes of at least 4 members (excludes halogenated alkanes) is 1. The predicted octanol–water partition coefficient (Wildman–Crippen LogP) is 4.45. The van der Waals surface area contributed by atoms with Crippen LogP contribution in [0.2, 0.25) is 5.02 Å². The van der Waals surface area contributed by atoms with E-state index in [4.69, 9.17) is 16.3 Å². The molecule has 0 aliphatic rings. The first kappa shape index (κ1) is 24.0. The summed E-state index contributed by atoms with van der Waals surface area (Å²) < 4.78 is 70.5. The van der Waals surface area contributed by atoms with Gasteiger partial charge < -0.3 is 10.1 Å². The summed E-state index contributed by atoms with van der Waals surface area (Å²) >= 11 is 5.53. The molecular formula is C19H20ClF3N2O4S. The van der Waals surface area contributed by atoms with Gasteiger partial charge in [-0.1, -0.05) is 24.9 Å². The van der Waals surface area contributed by atoms with Crippen molar-refractivity contribution in [3.05, 3.63) is 53.1 Å². The number of benzene rings is 2. The Kier molecular flexibility index (Phi) is 8.10. The summed E-state index contributed by atoms with van der Waals surface area (Å²) in [5.41, 5.74) is -1.15. The van der Waals surface area contributed by atoms with Crippen LogP contribution in [0.4, 0.5) is 18.9 Å². The third kappa shape index (κ3) is 6.89. The molecule has 0 saturated carbocycles. The number of anilines is 1. The van der Waals surface area contributed by atoms with Gasteiger partial charge in [0.1, 0.15) is 5.75 Å². The number of hydrogen-bond donors (Lipinski definition) is 2. The van der Waals surface area contributed by atoms with Crippen molar-refractivity contribution < 1.29 is 31.1 Å².